The molecule has 0 unspecified atom stereocenters. The Morgan fingerprint density at radius 3 is 2.65 bits per heavy atom. The van der Waals surface area contributed by atoms with Gasteiger partial charge in [-0.1, -0.05) is 0 Å². The lowest BCUT2D eigenvalue weighted by Gasteiger charge is -2.04. The van der Waals surface area contributed by atoms with Crippen molar-refractivity contribution >= 4 is 22.4 Å². The standard InChI is InChI=1S/C15H13N5/c1-20-14-5-4-11(17)7-13(14)19-15(20)9-2-3-10(8-16)12(18)6-9/h2-7H,17-18H2,1H3. The van der Waals surface area contributed by atoms with Crippen molar-refractivity contribution in [1.82, 2.24) is 9.55 Å². The van der Waals surface area contributed by atoms with Crippen molar-refractivity contribution in [2.24, 2.45) is 7.05 Å². The Morgan fingerprint density at radius 2 is 1.95 bits per heavy atom. The summed E-state index contributed by atoms with van der Waals surface area (Å²) in [6.45, 7) is 0. The van der Waals surface area contributed by atoms with Crippen LogP contribution in [0.4, 0.5) is 11.4 Å². The number of nitrogens with two attached hydrogens (primary N) is 2. The molecule has 1 heterocycles. The quantitative estimate of drug-likeness (QED) is 0.658. The molecule has 5 heteroatoms. The first-order valence-electron chi connectivity index (χ1n) is 6.12. The molecule has 0 fully saturated rings. The number of nitrogen functional groups attached to an aromatic ring is 2. The van der Waals surface area contributed by atoms with E-state index in [9.17, 15) is 0 Å². The minimum absolute atomic E-state index is 0.455. The highest BCUT2D eigenvalue weighted by atomic mass is 15.1. The second-order valence-electron chi connectivity index (χ2n) is 4.66. The first-order valence-corrected chi connectivity index (χ1v) is 6.12. The molecule has 0 saturated carbocycles. The highest BCUT2D eigenvalue weighted by Crippen LogP contribution is 2.27. The first kappa shape index (κ1) is 12.1. The first-order chi connectivity index (χ1) is 9.60. The fourth-order valence-electron chi connectivity index (χ4n) is 2.28. The molecule has 0 saturated heterocycles. The summed E-state index contributed by atoms with van der Waals surface area (Å²) in [6, 6.07) is 13.0. The summed E-state index contributed by atoms with van der Waals surface area (Å²) < 4.78 is 1.98. The number of anilines is 2. The Bertz CT molecular complexity index is 855. The second kappa shape index (κ2) is 4.28. The van der Waals surface area contributed by atoms with Crippen molar-refractivity contribution < 1.29 is 0 Å². The number of imidazole rings is 1. The van der Waals surface area contributed by atoms with Crippen LogP contribution >= 0.6 is 0 Å². The Balaban J connectivity index is 2.22. The number of hydrogen-bond acceptors (Lipinski definition) is 4. The van der Waals surface area contributed by atoms with E-state index in [1.54, 1.807) is 12.1 Å². The van der Waals surface area contributed by atoms with E-state index in [1.165, 1.54) is 0 Å². The van der Waals surface area contributed by atoms with Crippen molar-refractivity contribution in [3.63, 3.8) is 0 Å². The van der Waals surface area contributed by atoms with Crippen LogP contribution in [0.5, 0.6) is 0 Å². The SMILES string of the molecule is Cn1c(-c2ccc(C#N)c(N)c2)nc2cc(N)ccc21. The summed E-state index contributed by atoms with van der Waals surface area (Å²) in [6.07, 6.45) is 0. The van der Waals surface area contributed by atoms with Crippen LogP contribution in [-0.2, 0) is 7.05 Å². The normalized spacial score (nSPS) is 10.6. The molecule has 0 aliphatic heterocycles. The maximum absolute atomic E-state index is 8.91. The Labute approximate surface area is 116 Å². The van der Waals surface area contributed by atoms with Crippen LogP contribution in [0.25, 0.3) is 22.4 Å². The highest BCUT2D eigenvalue weighted by molar-refractivity contribution is 5.83. The molecule has 5 nitrogen and oxygen atoms in total. The van der Waals surface area contributed by atoms with Crippen molar-refractivity contribution in [2.75, 3.05) is 11.5 Å². The number of aryl methyl sites for hydroxylation is 1. The van der Waals surface area contributed by atoms with Gasteiger partial charge in [0.1, 0.15) is 11.9 Å². The van der Waals surface area contributed by atoms with Gasteiger partial charge in [-0.2, -0.15) is 5.26 Å². The fourth-order valence-corrected chi connectivity index (χ4v) is 2.28. The average Bonchev–Trinajstić information content (AvgIpc) is 2.75. The van der Waals surface area contributed by atoms with Crippen LogP contribution in [0.2, 0.25) is 0 Å². The van der Waals surface area contributed by atoms with Gasteiger partial charge in [-0.15, -0.1) is 0 Å². The maximum Gasteiger partial charge on any atom is 0.140 e. The predicted octanol–water partition coefficient (Wildman–Crippen LogP) is 2.28. The van der Waals surface area contributed by atoms with E-state index in [0.717, 1.165) is 22.4 Å². The summed E-state index contributed by atoms with van der Waals surface area (Å²) in [4.78, 5) is 4.58. The van der Waals surface area contributed by atoms with Gasteiger partial charge in [0.25, 0.3) is 0 Å². The van der Waals surface area contributed by atoms with Crippen LogP contribution < -0.4 is 11.5 Å². The predicted molar refractivity (Wildman–Crippen MR) is 79.7 cm³/mol. The van der Waals surface area contributed by atoms with E-state index >= 15 is 0 Å². The van der Waals surface area contributed by atoms with Crippen LogP contribution in [0, 0.1) is 11.3 Å². The molecule has 3 rings (SSSR count). The molecular weight excluding hydrogens is 250 g/mol. The molecule has 0 atom stereocenters. The molecule has 0 spiro atoms. The monoisotopic (exact) mass is 263 g/mol. The van der Waals surface area contributed by atoms with E-state index in [-0.39, 0.29) is 0 Å². The summed E-state index contributed by atoms with van der Waals surface area (Å²) >= 11 is 0. The minimum Gasteiger partial charge on any atom is -0.399 e. The number of hydrogen-bond donors (Lipinski definition) is 2. The number of nitrogens with zero attached hydrogens (tertiary/aromatic N) is 3. The van der Waals surface area contributed by atoms with Crippen LogP contribution in [-0.4, -0.2) is 9.55 Å². The summed E-state index contributed by atoms with van der Waals surface area (Å²) in [5.74, 6) is 0.793. The van der Waals surface area contributed by atoms with Crippen LogP contribution in [0.3, 0.4) is 0 Å². The van der Waals surface area contributed by atoms with E-state index in [4.69, 9.17) is 16.7 Å². The van der Waals surface area contributed by atoms with E-state index in [0.29, 0.717) is 16.9 Å². The van der Waals surface area contributed by atoms with E-state index in [1.807, 2.05) is 35.9 Å². The van der Waals surface area contributed by atoms with Crippen molar-refractivity contribution in [1.29, 1.82) is 5.26 Å². The van der Waals surface area contributed by atoms with Gasteiger partial charge in [0, 0.05) is 18.3 Å². The van der Waals surface area contributed by atoms with Crippen LogP contribution in [0.15, 0.2) is 36.4 Å². The Kier molecular flexibility index (Phi) is 2.58. The fraction of sp³-hybridized carbons (Fsp3) is 0.0667. The summed E-state index contributed by atoms with van der Waals surface area (Å²) in [7, 11) is 1.94. The molecule has 0 aliphatic carbocycles. The molecular formula is C15H13N5. The molecule has 2 aromatic carbocycles. The number of fused-ring (bicyclic) bond motifs is 1. The lowest BCUT2D eigenvalue weighted by molar-refractivity contribution is 0.959. The van der Waals surface area contributed by atoms with Gasteiger partial charge in [0.2, 0.25) is 0 Å². The lowest BCUT2D eigenvalue weighted by Crippen LogP contribution is -1.95. The van der Waals surface area contributed by atoms with E-state index in [2.05, 4.69) is 11.1 Å². The molecule has 0 bridgehead atoms. The van der Waals surface area contributed by atoms with Gasteiger partial charge < -0.3 is 16.0 Å². The number of aromatic nitrogens is 2. The lowest BCUT2D eigenvalue weighted by atomic mass is 10.1. The van der Waals surface area contributed by atoms with Gasteiger partial charge in [-0.25, -0.2) is 4.98 Å². The van der Waals surface area contributed by atoms with Crippen molar-refractivity contribution in [3.05, 3.63) is 42.0 Å². The van der Waals surface area contributed by atoms with Crippen molar-refractivity contribution in [3.8, 4) is 17.5 Å². The molecule has 98 valence electrons. The van der Waals surface area contributed by atoms with Gasteiger partial charge >= 0.3 is 0 Å². The molecule has 0 amide bonds. The second-order valence-corrected chi connectivity index (χ2v) is 4.66. The Morgan fingerprint density at radius 1 is 1.15 bits per heavy atom. The van der Waals surface area contributed by atoms with Crippen LogP contribution in [0.1, 0.15) is 5.56 Å². The van der Waals surface area contributed by atoms with E-state index < -0.39 is 0 Å². The zero-order chi connectivity index (χ0) is 14.3. The van der Waals surface area contributed by atoms with Gasteiger partial charge in [0.15, 0.2) is 0 Å². The average molecular weight is 263 g/mol. The third kappa shape index (κ3) is 1.75. The molecule has 0 radical (unpaired) electrons. The zero-order valence-electron chi connectivity index (χ0n) is 11.0. The zero-order valence-corrected chi connectivity index (χ0v) is 11.0. The minimum atomic E-state index is 0.455. The highest BCUT2D eigenvalue weighted by Gasteiger charge is 2.11. The third-order valence-corrected chi connectivity index (χ3v) is 3.34. The van der Waals surface area contributed by atoms with Crippen molar-refractivity contribution in [2.45, 2.75) is 0 Å². The molecule has 0 aliphatic rings. The van der Waals surface area contributed by atoms with Gasteiger partial charge in [-0.3, -0.25) is 0 Å². The number of benzene rings is 2. The number of nitriles is 1. The Hall–Kier alpha value is -3.00. The number of rotatable bonds is 1. The molecule has 1 aromatic heterocycles. The third-order valence-electron chi connectivity index (χ3n) is 3.34. The molecule has 4 N–H and O–H groups in total. The summed E-state index contributed by atoms with van der Waals surface area (Å²) in [5.41, 5.74) is 16.0. The largest absolute Gasteiger partial charge is 0.399 e. The molecule has 20 heavy (non-hydrogen) atoms. The topological polar surface area (TPSA) is 93.6 Å². The maximum atomic E-state index is 8.91. The van der Waals surface area contributed by atoms with Gasteiger partial charge in [0.05, 0.1) is 22.3 Å². The smallest absolute Gasteiger partial charge is 0.140 e. The van der Waals surface area contributed by atoms with Gasteiger partial charge in [-0.05, 0) is 36.4 Å². The summed E-state index contributed by atoms with van der Waals surface area (Å²) in [5, 5.41) is 8.91. The molecule has 3 aromatic rings.